The molecule has 0 aliphatic rings. The molecule has 0 fully saturated rings. The summed E-state index contributed by atoms with van der Waals surface area (Å²) in [4.78, 5) is 0. The van der Waals surface area contributed by atoms with Crippen LogP contribution in [0.5, 0.6) is 0 Å². The van der Waals surface area contributed by atoms with Crippen molar-refractivity contribution in [3.8, 4) is 0 Å². The van der Waals surface area contributed by atoms with Crippen LogP contribution >= 0.6 is 13.5 Å². The number of nitrogens with one attached hydrogen (secondary N) is 2. The summed E-state index contributed by atoms with van der Waals surface area (Å²) in [5, 5.41) is 15.5. The van der Waals surface area contributed by atoms with E-state index in [0.29, 0.717) is 0 Å². The Hall–Kier alpha value is -1.30. The smallest absolute Gasteiger partial charge is 0.0690 e. The Labute approximate surface area is 70.7 Å². The lowest BCUT2D eigenvalue weighted by atomic mass is 10.8. The molecule has 0 aliphatic heterocycles. The van der Waals surface area contributed by atoms with Crippen molar-refractivity contribution in [2.75, 3.05) is 0 Å². The third-order valence-electron chi connectivity index (χ3n) is 0.737. The van der Waals surface area contributed by atoms with Crippen molar-refractivity contribution < 1.29 is 0 Å². The number of rotatable bonds is 0. The molecule has 0 aliphatic carbocycles. The van der Waals surface area contributed by atoms with Crippen LogP contribution in [0.15, 0.2) is 30.9 Å². The highest BCUT2D eigenvalue weighted by atomic mass is 32.1. The van der Waals surface area contributed by atoms with Crippen LogP contribution in [0, 0.1) is 0 Å². The second-order valence-electron chi connectivity index (χ2n) is 1.42. The first-order chi connectivity index (χ1) is 5.00. The van der Waals surface area contributed by atoms with Gasteiger partial charge in [-0.3, -0.25) is 5.10 Å². The summed E-state index contributed by atoms with van der Waals surface area (Å²) in [7, 11) is 0. The Morgan fingerprint density at radius 1 is 0.909 bits per heavy atom. The maximum atomic E-state index is 3.60. The largest absolute Gasteiger partial charge is 0.286 e. The molecule has 0 spiro atoms. The summed E-state index contributed by atoms with van der Waals surface area (Å²) in [6.45, 7) is 0. The van der Waals surface area contributed by atoms with Crippen molar-refractivity contribution in [2.45, 2.75) is 0 Å². The SMILES string of the molecule is S.c1cn[nH]c1.c1cn[nH]n1. The fourth-order valence-corrected chi connectivity index (χ4v) is 0.382. The molecule has 0 saturated heterocycles. The lowest BCUT2D eigenvalue weighted by Crippen LogP contribution is -1.61. The van der Waals surface area contributed by atoms with Gasteiger partial charge >= 0.3 is 0 Å². The first-order valence-corrected chi connectivity index (χ1v) is 2.73. The molecular weight excluding hydrogens is 162 g/mol. The predicted octanol–water partition coefficient (Wildman–Crippen LogP) is 0.327. The van der Waals surface area contributed by atoms with Gasteiger partial charge < -0.3 is 0 Å². The average Bonchev–Trinajstić information content (AvgIpc) is 2.67. The minimum Gasteiger partial charge on any atom is -0.286 e. The van der Waals surface area contributed by atoms with Gasteiger partial charge in [0.15, 0.2) is 0 Å². The normalized spacial score (nSPS) is 7.27. The van der Waals surface area contributed by atoms with Crippen molar-refractivity contribution in [3.05, 3.63) is 30.9 Å². The lowest BCUT2D eigenvalue weighted by molar-refractivity contribution is 0.940. The molecule has 2 heterocycles. The monoisotopic (exact) mass is 171 g/mol. The van der Waals surface area contributed by atoms with E-state index < -0.39 is 0 Å². The molecule has 2 N–H and O–H groups in total. The Morgan fingerprint density at radius 3 is 1.82 bits per heavy atom. The highest BCUT2D eigenvalue weighted by Crippen LogP contribution is 1.64. The number of aromatic nitrogens is 5. The maximum absolute atomic E-state index is 3.60. The van der Waals surface area contributed by atoms with Crippen LogP contribution in [0.3, 0.4) is 0 Å². The molecule has 6 heteroatoms. The summed E-state index contributed by atoms with van der Waals surface area (Å²) in [5.41, 5.74) is 0. The zero-order valence-electron chi connectivity index (χ0n) is 5.73. The van der Waals surface area contributed by atoms with E-state index in [9.17, 15) is 0 Å². The Balaban J connectivity index is 0.000000167. The number of aromatic amines is 2. The van der Waals surface area contributed by atoms with Crippen LogP contribution in [0.4, 0.5) is 0 Å². The zero-order chi connectivity index (χ0) is 7.07. The third-order valence-corrected chi connectivity index (χ3v) is 0.737. The van der Waals surface area contributed by atoms with Gasteiger partial charge in [-0.25, -0.2) is 0 Å². The van der Waals surface area contributed by atoms with E-state index in [2.05, 4.69) is 25.6 Å². The van der Waals surface area contributed by atoms with Gasteiger partial charge in [-0.1, -0.05) is 0 Å². The second-order valence-corrected chi connectivity index (χ2v) is 1.42. The first-order valence-electron chi connectivity index (χ1n) is 2.73. The highest BCUT2D eigenvalue weighted by molar-refractivity contribution is 7.59. The molecule has 5 nitrogen and oxygen atoms in total. The quantitative estimate of drug-likeness (QED) is 0.600. The van der Waals surface area contributed by atoms with Gasteiger partial charge in [-0.15, -0.1) is 0 Å². The maximum Gasteiger partial charge on any atom is 0.0690 e. The molecule has 0 unspecified atom stereocenters. The van der Waals surface area contributed by atoms with Crippen LogP contribution in [0.2, 0.25) is 0 Å². The van der Waals surface area contributed by atoms with Crippen LogP contribution in [-0.4, -0.2) is 25.6 Å². The van der Waals surface area contributed by atoms with E-state index in [-0.39, 0.29) is 13.5 Å². The van der Waals surface area contributed by atoms with Gasteiger partial charge in [0.1, 0.15) is 0 Å². The number of nitrogens with zero attached hydrogens (tertiary/aromatic N) is 3. The molecule has 2 rings (SSSR count). The fourth-order valence-electron chi connectivity index (χ4n) is 0.382. The third kappa shape index (κ3) is 5.16. The standard InChI is InChI=1S/C3H4N2.C2H3N3.H2S/c2*1-2-4-5-3-1;/h1-3H,(H,4,5);1-2H,(H,3,4,5);1H2. The Bertz CT molecular complexity index is 154. The zero-order valence-corrected chi connectivity index (χ0v) is 6.73. The first kappa shape index (κ1) is 9.70. The van der Waals surface area contributed by atoms with E-state index in [0.717, 1.165) is 0 Å². The lowest BCUT2D eigenvalue weighted by Gasteiger charge is -1.49. The summed E-state index contributed by atoms with van der Waals surface area (Å²) in [6.07, 6.45) is 6.62. The molecule has 0 aromatic carbocycles. The number of H-pyrrole nitrogens is 2. The number of hydrogen-bond acceptors (Lipinski definition) is 3. The molecule has 0 bridgehead atoms. The van der Waals surface area contributed by atoms with E-state index in [1.54, 1.807) is 24.8 Å². The van der Waals surface area contributed by atoms with Crippen LogP contribution in [0.1, 0.15) is 0 Å². The van der Waals surface area contributed by atoms with E-state index in [1.165, 1.54) is 0 Å². The van der Waals surface area contributed by atoms with Gasteiger partial charge in [0.25, 0.3) is 0 Å². The summed E-state index contributed by atoms with van der Waals surface area (Å²) in [6, 6.07) is 1.83. The summed E-state index contributed by atoms with van der Waals surface area (Å²) >= 11 is 0. The summed E-state index contributed by atoms with van der Waals surface area (Å²) in [5.74, 6) is 0. The van der Waals surface area contributed by atoms with E-state index >= 15 is 0 Å². The van der Waals surface area contributed by atoms with Gasteiger partial charge in [0.05, 0.1) is 12.4 Å². The van der Waals surface area contributed by atoms with E-state index in [1.807, 2.05) is 6.07 Å². The number of hydrogen-bond donors (Lipinski definition) is 2. The summed E-state index contributed by atoms with van der Waals surface area (Å²) < 4.78 is 0. The van der Waals surface area contributed by atoms with Crippen molar-refractivity contribution in [1.82, 2.24) is 25.6 Å². The molecule has 0 atom stereocenters. The molecule has 0 amide bonds. The molecule has 2 aromatic heterocycles. The van der Waals surface area contributed by atoms with Crippen LogP contribution < -0.4 is 0 Å². The minimum absolute atomic E-state index is 0. The molecule has 11 heavy (non-hydrogen) atoms. The fraction of sp³-hybridized carbons (Fsp3) is 0. The van der Waals surface area contributed by atoms with Crippen molar-refractivity contribution in [1.29, 1.82) is 0 Å². The molecular formula is C5H9N5S. The Morgan fingerprint density at radius 2 is 1.64 bits per heavy atom. The molecule has 0 saturated carbocycles. The van der Waals surface area contributed by atoms with Crippen LogP contribution in [0.25, 0.3) is 0 Å². The minimum atomic E-state index is 0. The topological polar surface area (TPSA) is 70.2 Å². The van der Waals surface area contributed by atoms with E-state index in [4.69, 9.17) is 0 Å². The van der Waals surface area contributed by atoms with Gasteiger partial charge in [-0.2, -0.15) is 34.0 Å². The van der Waals surface area contributed by atoms with Crippen molar-refractivity contribution in [2.24, 2.45) is 0 Å². The molecule has 0 radical (unpaired) electrons. The molecule has 2 aromatic rings. The molecule has 60 valence electrons. The van der Waals surface area contributed by atoms with Gasteiger partial charge in [0.2, 0.25) is 0 Å². The predicted molar refractivity (Wildman–Crippen MR) is 45.4 cm³/mol. The van der Waals surface area contributed by atoms with Crippen molar-refractivity contribution in [3.63, 3.8) is 0 Å². The Kier molecular flexibility index (Phi) is 6.01. The van der Waals surface area contributed by atoms with Gasteiger partial charge in [-0.05, 0) is 6.07 Å². The second kappa shape index (κ2) is 6.81. The highest BCUT2D eigenvalue weighted by Gasteiger charge is 1.57. The van der Waals surface area contributed by atoms with Crippen LogP contribution in [-0.2, 0) is 0 Å². The van der Waals surface area contributed by atoms with Gasteiger partial charge in [0, 0.05) is 12.4 Å². The average molecular weight is 171 g/mol. The van der Waals surface area contributed by atoms with Crippen molar-refractivity contribution >= 4 is 13.5 Å².